The van der Waals surface area contributed by atoms with Crippen LogP contribution in [0.3, 0.4) is 0 Å². The Morgan fingerprint density at radius 3 is 2.30 bits per heavy atom. The van der Waals surface area contributed by atoms with E-state index in [0.717, 1.165) is 6.42 Å². The molecule has 118 valence electrons. The summed E-state index contributed by atoms with van der Waals surface area (Å²) in [5.74, 6) is 0. The first-order valence-corrected chi connectivity index (χ1v) is 11.8. The number of hydrogen-bond acceptors (Lipinski definition) is 6. The minimum absolute atomic E-state index is 0.0511. The van der Waals surface area contributed by atoms with Gasteiger partial charge in [-0.1, -0.05) is 11.8 Å². The molecule has 0 amide bonds. The minimum Gasteiger partial charge on any atom is -0.477 e. The molecule has 1 aliphatic rings. The highest BCUT2D eigenvalue weighted by molar-refractivity contribution is 8.23. The highest BCUT2D eigenvalue weighted by Crippen LogP contribution is 2.31. The van der Waals surface area contributed by atoms with Gasteiger partial charge in [0, 0.05) is 19.6 Å². The molecule has 1 unspecified atom stereocenters. The molecule has 0 bridgehead atoms. The van der Waals surface area contributed by atoms with Gasteiger partial charge in [0.05, 0.1) is 11.4 Å². The average Bonchev–Trinajstić information content (AvgIpc) is 2.74. The minimum atomic E-state index is -1.65. The molecular weight excluding hydrogens is 312 g/mol. The molecule has 0 saturated carbocycles. The third-order valence-corrected chi connectivity index (χ3v) is 5.13. The maximum atomic E-state index is 6.31. The van der Waals surface area contributed by atoms with Crippen molar-refractivity contribution in [1.29, 1.82) is 0 Å². The first kappa shape index (κ1) is 18.4. The third kappa shape index (κ3) is 6.86. The molecule has 2 atom stereocenters. The summed E-state index contributed by atoms with van der Waals surface area (Å²) in [7, 11) is -1.65. The topological polar surface area (TPSA) is 36.9 Å². The van der Waals surface area contributed by atoms with Crippen LogP contribution in [0.25, 0.3) is 0 Å². The molecule has 4 nitrogen and oxygen atoms in total. The summed E-state index contributed by atoms with van der Waals surface area (Å²) in [5.41, 5.74) is 0. The Bertz CT molecular complexity index is 303. The van der Waals surface area contributed by atoms with Gasteiger partial charge in [-0.05, 0) is 45.7 Å². The van der Waals surface area contributed by atoms with E-state index < -0.39 is 8.32 Å². The SMILES string of the molecule is CCOC(CC(O[Si](C)(C)C)[C@H]1COC(=S)S1)OCC. The van der Waals surface area contributed by atoms with Gasteiger partial charge in [0.25, 0.3) is 0 Å². The van der Waals surface area contributed by atoms with Crippen molar-refractivity contribution in [1.82, 2.24) is 0 Å². The molecule has 20 heavy (non-hydrogen) atoms. The molecule has 1 rings (SSSR count). The van der Waals surface area contributed by atoms with E-state index in [-0.39, 0.29) is 17.6 Å². The summed E-state index contributed by atoms with van der Waals surface area (Å²) < 4.78 is 23.6. The molecule has 1 saturated heterocycles. The second-order valence-corrected chi connectivity index (χ2v) is 11.9. The summed E-state index contributed by atoms with van der Waals surface area (Å²) >= 11 is 6.69. The molecule has 1 aliphatic heterocycles. The monoisotopic (exact) mass is 338 g/mol. The molecule has 0 aliphatic carbocycles. The van der Waals surface area contributed by atoms with Crippen molar-refractivity contribution in [2.24, 2.45) is 0 Å². The van der Waals surface area contributed by atoms with Crippen molar-refractivity contribution in [2.45, 2.75) is 57.6 Å². The number of rotatable bonds is 9. The zero-order valence-electron chi connectivity index (χ0n) is 13.0. The Hall–Kier alpha value is 0.337. The van der Waals surface area contributed by atoms with Gasteiger partial charge in [0.15, 0.2) is 14.6 Å². The van der Waals surface area contributed by atoms with Gasteiger partial charge in [-0.2, -0.15) is 0 Å². The van der Waals surface area contributed by atoms with E-state index in [1.807, 2.05) is 13.8 Å². The fourth-order valence-corrected chi connectivity index (χ4v) is 4.54. The number of thioether (sulfide) groups is 1. The van der Waals surface area contributed by atoms with E-state index in [1.165, 1.54) is 0 Å². The van der Waals surface area contributed by atoms with Crippen LogP contribution in [0.5, 0.6) is 0 Å². The van der Waals surface area contributed by atoms with Crippen LogP contribution in [-0.4, -0.2) is 50.2 Å². The summed E-state index contributed by atoms with van der Waals surface area (Å²) in [6, 6.07) is 0. The summed E-state index contributed by atoms with van der Waals surface area (Å²) in [6.07, 6.45) is 0.548. The lowest BCUT2D eigenvalue weighted by atomic mass is 10.2. The lowest BCUT2D eigenvalue weighted by Crippen LogP contribution is -2.41. The molecule has 1 fully saturated rings. The molecule has 0 radical (unpaired) electrons. The van der Waals surface area contributed by atoms with Crippen molar-refractivity contribution in [3.8, 4) is 0 Å². The Kier molecular flexibility index (Phi) is 8.00. The number of ether oxygens (including phenoxy) is 3. The predicted octanol–water partition coefficient (Wildman–Crippen LogP) is 3.41. The van der Waals surface area contributed by atoms with Gasteiger partial charge in [-0.15, -0.1) is 0 Å². The average molecular weight is 339 g/mol. The van der Waals surface area contributed by atoms with Crippen LogP contribution in [0.4, 0.5) is 0 Å². The van der Waals surface area contributed by atoms with Crippen LogP contribution < -0.4 is 0 Å². The molecule has 7 heteroatoms. The third-order valence-electron chi connectivity index (χ3n) is 2.66. The molecule has 0 aromatic heterocycles. The van der Waals surface area contributed by atoms with Crippen LogP contribution in [0.2, 0.25) is 19.6 Å². The van der Waals surface area contributed by atoms with Gasteiger partial charge in [-0.3, -0.25) is 0 Å². The van der Waals surface area contributed by atoms with Gasteiger partial charge < -0.3 is 18.6 Å². The van der Waals surface area contributed by atoms with Crippen molar-refractivity contribution in [3.05, 3.63) is 0 Å². The van der Waals surface area contributed by atoms with Crippen LogP contribution >= 0.6 is 24.0 Å². The lowest BCUT2D eigenvalue weighted by Gasteiger charge is -2.31. The number of thiocarbonyl (C=S) groups is 1. The van der Waals surface area contributed by atoms with Crippen LogP contribution in [0.1, 0.15) is 20.3 Å². The highest BCUT2D eigenvalue weighted by Gasteiger charge is 2.35. The Balaban J connectivity index is 2.67. The smallest absolute Gasteiger partial charge is 0.220 e. The lowest BCUT2D eigenvalue weighted by molar-refractivity contribution is -0.151. The summed E-state index contributed by atoms with van der Waals surface area (Å²) in [5, 5.41) is 0.234. The summed E-state index contributed by atoms with van der Waals surface area (Å²) in [4.78, 5) is 0. The second kappa shape index (κ2) is 8.70. The first-order valence-electron chi connectivity index (χ1n) is 7.10. The van der Waals surface area contributed by atoms with E-state index in [4.69, 9.17) is 30.9 Å². The quantitative estimate of drug-likeness (QED) is 0.364. The molecule has 0 N–H and O–H groups in total. The van der Waals surface area contributed by atoms with Crippen LogP contribution in [0, 0.1) is 0 Å². The molecular formula is C13H26O4S2Si. The van der Waals surface area contributed by atoms with E-state index in [1.54, 1.807) is 11.8 Å². The van der Waals surface area contributed by atoms with Crippen molar-refractivity contribution < 1.29 is 18.6 Å². The maximum Gasteiger partial charge on any atom is 0.220 e. The van der Waals surface area contributed by atoms with Gasteiger partial charge in [0.1, 0.15) is 6.61 Å². The summed E-state index contributed by atoms with van der Waals surface area (Å²) in [6.45, 7) is 12.4. The zero-order valence-corrected chi connectivity index (χ0v) is 15.6. The van der Waals surface area contributed by atoms with E-state index in [0.29, 0.717) is 24.2 Å². The molecule has 0 aromatic rings. The van der Waals surface area contributed by atoms with Crippen molar-refractivity contribution in [2.75, 3.05) is 19.8 Å². The fraction of sp³-hybridized carbons (Fsp3) is 0.923. The standard InChI is InChI=1S/C13H26O4S2Si/c1-6-14-12(15-7-2)8-10(17-20(3,4)5)11-9-16-13(18)19-11/h10-12H,6-9H2,1-5H3/t10?,11-/m1/s1. The highest BCUT2D eigenvalue weighted by atomic mass is 32.2. The molecule has 0 spiro atoms. The first-order chi connectivity index (χ1) is 9.35. The van der Waals surface area contributed by atoms with Crippen LogP contribution in [0.15, 0.2) is 0 Å². The maximum absolute atomic E-state index is 6.31. The zero-order chi connectivity index (χ0) is 15.2. The van der Waals surface area contributed by atoms with E-state index in [2.05, 4.69) is 19.6 Å². The molecule has 1 heterocycles. The molecule has 0 aromatic carbocycles. The van der Waals surface area contributed by atoms with Gasteiger partial charge >= 0.3 is 0 Å². The fourth-order valence-electron chi connectivity index (χ4n) is 2.00. The van der Waals surface area contributed by atoms with Crippen molar-refractivity contribution in [3.63, 3.8) is 0 Å². The second-order valence-electron chi connectivity index (χ2n) is 5.56. The Morgan fingerprint density at radius 1 is 1.30 bits per heavy atom. The van der Waals surface area contributed by atoms with Gasteiger partial charge in [0.2, 0.25) is 4.38 Å². The van der Waals surface area contributed by atoms with E-state index >= 15 is 0 Å². The largest absolute Gasteiger partial charge is 0.477 e. The van der Waals surface area contributed by atoms with Crippen molar-refractivity contribution >= 4 is 36.7 Å². The number of hydrogen-bond donors (Lipinski definition) is 0. The normalized spacial score (nSPS) is 21.3. The Morgan fingerprint density at radius 2 is 1.90 bits per heavy atom. The Labute approximate surface area is 133 Å². The van der Waals surface area contributed by atoms with E-state index in [9.17, 15) is 0 Å². The van der Waals surface area contributed by atoms with Gasteiger partial charge in [-0.25, -0.2) is 0 Å². The van der Waals surface area contributed by atoms with Crippen LogP contribution in [-0.2, 0) is 18.6 Å². The predicted molar refractivity (Wildman–Crippen MR) is 89.8 cm³/mol.